The molecule has 0 spiro atoms. The third-order valence-electron chi connectivity index (χ3n) is 3.51. The molecule has 1 atom stereocenters. The average molecular weight is 294 g/mol. The van der Waals surface area contributed by atoms with Gasteiger partial charge in [-0.2, -0.15) is 0 Å². The van der Waals surface area contributed by atoms with Crippen molar-refractivity contribution in [3.8, 4) is 5.75 Å². The topological polar surface area (TPSA) is 39.9 Å². The lowest BCUT2D eigenvalue weighted by Gasteiger charge is -2.16. The van der Waals surface area contributed by atoms with E-state index in [1.807, 2.05) is 29.1 Å². The fourth-order valence-corrected chi connectivity index (χ4v) is 2.60. The van der Waals surface area contributed by atoms with Crippen molar-refractivity contribution in [2.24, 2.45) is 0 Å². The maximum atomic E-state index is 6.36. The van der Waals surface area contributed by atoms with E-state index >= 15 is 0 Å². The van der Waals surface area contributed by atoms with E-state index in [4.69, 9.17) is 16.3 Å². The Kier molecular flexibility index (Phi) is 5.01. The lowest BCUT2D eigenvalue weighted by Crippen LogP contribution is -2.03. The van der Waals surface area contributed by atoms with Crippen LogP contribution in [0.25, 0.3) is 0 Å². The number of benzene rings is 1. The third kappa shape index (κ3) is 3.31. The highest BCUT2D eigenvalue weighted by molar-refractivity contribution is 6.31. The predicted octanol–water partition coefficient (Wildman–Crippen LogP) is 3.70. The van der Waals surface area contributed by atoms with Gasteiger partial charge < -0.3 is 4.74 Å². The Morgan fingerprint density at radius 1 is 1.35 bits per heavy atom. The molecule has 20 heavy (non-hydrogen) atoms. The zero-order valence-electron chi connectivity index (χ0n) is 12.1. The molecule has 108 valence electrons. The molecule has 1 aromatic heterocycles. The first-order chi connectivity index (χ1) is 9.67. The second-order valence-electron chi connectivity index (χ2n) is 4.76. The highest BCUT2D eigenvalue weighted by Crippen LogP contribution is 2.32. The van der Waals surface area contributed by atoms with E-state index in [9.17, 15) is 0 Å². The van der Waals surface area contributed by atoms with E-state index in [0.717, 1.165) is 41.4 Å². The largest absolute Gasteiger partial charge is 0.497 e. The number of nitrogens with zero attached hydrogens (tertiary/aromatic N) is 3. The molecule has 0 radical (unpaired) electrons. The van der Waals surface area contributed by atoms with Gasteiger partial charge in [0.2, 0.25) is 0 Å². The smallest absolute Gasteiger partial charge is 0.120 e. The maximum absolute atomic E-state index is 6.36. The number of hydrogen-bond acceptors (Lipinski definition) is 3. The van der Waals surface area contributed by atoms with Crippen molar-refractivity contribution in [1.82, 2.24) is 15.0 Å². The van der Waals surface area contributed by atoms with Gasteiger partial charge in [-0.05, 0) is 37.0 Å². The summed E-state index contributed by atoms with van der Waals surface area (Å²) < 4.78 is 7.03. The summed E-state index contributed by atoms with van der Waals surface area (Å²) in [7, 11) is 1.64. The number of halogens is 1. The van der Waals surface area contributed by atoms with E-state index in [1.165, 1.54) is 0 Å². The van der Waals surface area contributed by atoms with Crippen LogP contribution in [0, 0.1) is 0 Å². The van der Waals surface area contributed by atoms with Crippen molar-refractivity contribution in [3.05, 3.63) is 40.7 Å². The number of aromatic nitrogens is 3. The quantitative estimate of drug-likeness (QED) is 0.815. The number of ether oxygens (including phenoxy) is 1. The third-order valence-corrected chi connectivity index (χ3v) is 3.83. The highest BCUT2D eigenvalue weighted by Gasteiger charge is 2.16. The molecule has 0 aliphatic rings. The van der Waals surface area contributed by atoms with Gasteiger partial charge in [-0.3, -0.25) is 4.68 Å². The van der Waals surface area contributed by atoms with Gasteiger partial charge in [-0.15, -0.1) is 5.10 Å². The fraction of sp³-hybridized carbons (Fsp3) is 0.467. The van der Waals surface area contributed by atoms with Crippen molar-refractivity contribution in [2.75, 3.05) is 7.11 Å². The van der Waals surface area contributed by atoms with Gasteiger partial charge in [-0.25, -0.2) is 0 Å². The van der Waals surface area contributed by atoms with Crippen LogP contribution in [-0.2, 0) is 13.0 Å². The van der Waals surface area contributed by atoms with Crippen LogP contribution in [-0.4, -0.2) is 22.1 Å². The monoisotopic (exact) mass is 293 g/mol. The van der Waals surface area contributed by atoms with Crippen LogP contribution in [0.4, 0.5) is 0 Å². The van der Waals surface area contributed by atoms with Gasteiger partial charge in [0.1, 0.15) is 5.75 Å². The molecule has 2 aromatic rings. The summed E-state index contributed by atoms with van der Waals surface area (Å²) in [5, 5.41) is 9.04. The summed E-state index contributed by atoms with van der Waals surface area (Å²) in [5.41, 5.74) is 2.14. The highest BCUT2D eigenvalue weighted by atomic mass is 35.5. The van der Waals surface area contributed by atoms with E-state index in [0.29, 0.717) is 5.92 Å². The summed E-state index contributed by atoms with van der Waals surface area (Å²) in [6.07, 6.45) is 3.85. The SMILES string of the molecule is CCC(Cc1cn(CC)nn1)c1ccc(OC)cc1Cl. The summed E-state index contributed by atoms with van der Waals surface area (Å²) in [5.74, 6) is 1.13. The predicted molar refractivity (Wildman–Crippen MR) is 80.4 cm³/mol. The second kappa shape index (κ2) is 6.75. The Balaban J connectivity index is 2.19. The lowest BCUT2D eigenvalue weighted by atomic mass is 9.92. The molecular formula is C15H20ClN3O. The number of methoxy groups -OCH3 is 1. The number of aryl methyl sites for hydroxylation is 1. The first kappa shape index (κ1) is 14.9. The molecule has 0 amide bonds. The molecule has 1 heterocycles. The van der Waals surface area contributed by atoms with Crippen LogP contribution in [0.1, 0.15) is 37.4 Å². The Labute approximate surface area is 124 Å². The van der Waals surface area contributed by atoms with Crippen LogP contribution < -0.4 is 4.74 Å². The minimum atomic E-state index is 0.343. The standard InChI is InChI=1S/C15H20ClN3O/c1-4-11(8-12-10-19(5-2)18-17-12)14-7-6-13(20-3)9-15(14)16/h6-7,9-11H,4-5,8H2,1-3H3. The molecule has 0 aliphatic carbocycles. The summed E-state index contributed by atoms with van der Waals surface area (Å²) in [6, 6.07) is 5.86. The Hall–Kier alpha value is -1.55. The molecule has 0 bridgehead atoms. The Bertz CT molecular complexity index is 568. The Morgan fingerprint density at radius 2 is 2.15 bits per heavy atom. The van der Waals surface area contributed by atoms with Crippen LogP contribution in [0.2, 0.25) is 5.02 Å². The maximum Gasteiger partial charge on any atom is 0.120 e. The molecular weight excluding hydrogens is 274 g/mol. The van der Waals surface area contributed by atoms with Crippen molar-refractivity contribution in [2.45, 2.75) is 39.2 Å². The van der Waals surface area contributed by atoms with Gasteiger partial charge in [0.15, 0.2) is 0 Å². The Morgan fingerprint density at radius 3 is 2.70 bits per heavy atom. The van der Waals surface area contributed by atoms with Crippen LogP contribution in [0.15, 0.2) is 24.4 Å². The minimum absolute atomic E-state index is 0.343. The van der Waals surface area contributed by atoms with E-state index in [2.05, 4.69) is 24.2 Å². The van der Waals surface area contributed by atoms with Gasteiger partial charge in [0.25, 0.3) is 0 Å². The molecule has 0 fully saturated rings. The summed E-state index contributed by atoms with van der Waals surface area (Å²) >= 11 is 6.36. The van der Waals surface area contributed by atoms with E-state index in [1.54, 1.807) is 7.11 Å². The van der Waals surface area contributed by atoms with E-state index in [-0.39, 0.29) is 0 Å². The van der Waals surface area contributed by atoms with Gasteiger partial charge in [-0.1, -0.05) is 29.8 Å². The average Bonchev–Trinajstić information content (AvgIpc) is 2.92. The normalized spacial score (nSPS) is 12.4. The van der Waals surface area contributed by atoms with Crippen molar-refractivity contribution < 1.29 is 4.74 Å². The van der Waals surface area contributed by atoms with E-state index < -0.39 is 0 Å². The van der Waals surface area contributed by atoms with Gasteiger partial charge in [0, 0.05) is 24.2 Å². The molecule has 0 saturated carbocycles. The second-order valence-corrected chi connectivity index (χ2v) is 5.17. The molecule has 1 aromatic carbocycles. The first-order valence-corrected chi connectivity index (χ1v) is 7.28. The van der Waals surface area contributed by atoms with Gasteiger partial charge in [0.05, 0.1) is 12.8 Å². The molecule has 0 saturated heterocycles. The van der Waals surface area contributed by atoms with Gasteiger partial charge >= 0.3 is 0 Å². The number of rotatable bonds is 6. The van der Waals surface area contributed by atoms with Crippen LogP contribution >= 0.6 is 11.6 Å². The van der Waals surface area contributed by atoms with Crippen molar-refractivity contribution >= 4 is 11.6 Å². The van der Waals surface area contributed by atoms with Crippen molar-refractivity contribution in [1.29, 1.82) is 0 Å². The zero-order valence-corrected chi connectivity index (χ0v) is 12.9. The van der Waals surface area contributed by atoms with Crippen LogP contribution in [0.5, 0.6) is 5.75 Å². The molecule has 5 heteroatoms. The number of hydrogen-bond donors (Lipinski definition) is 0. The molecule has 2 rings (SSSR count). The summed E-state index contributed by atoms with van der Waals surface area (Å²) in [4.78, 5) is 0. The first-order valence-electron chi connectivity index (χ1n) is 6.90. The lowest BCUT2D eigenvalue weighted by molar-refractivity contribution is 0.414. The summed E-state index contributed by atoms with van der Waals surface area (Å²) in [6.45, 7) is 5.05. The van der Waals surface area contributed by atoms with Crippen molar-refractivity contribution in [3.63, 3.8) is 0 Å². The molecule has 0 N–H and O–H groups in total. The molecule has 0 aliphatic heterocycles. The minimum Gasteiger partial charge on any atom is -0.497 e. The van der Waals surface area contributed by atoms with Crippen LogP contribution in [0.3, 0.4) is 0 Å². The molecule has 4 nitrogen and oxygen atoms in total. The molecule has 1 unspecified atom stereocenters. The zero-order chi connectivity index (χ0) is 14.5. The fourth-order valence-electron chi connectivity index (χ4n) is 2.28.